The molecule has 2 aromatic rings. The maximum absolute atomic E-state index is 12.8. The number of hydrogen-bond acceptors (Lipinski definition) is 4. The van der Waals surface area contributed by atoms with Crippen LogP contribution in [0.5, 0.6) is 5.75 Å². The normalized spacial score (nSPS) is 11.6. The lowest BCUT2D eigenvalue weighted by Crippen LogP contribution is -2.37. The van der Waals surface area contributed by atoms with Crippen molar-refractivity contribution in [2.75, 3.05) is 6.54 Å². The molecule has 1 unspecified atom stereocenters. The quantitative estimate of drug-likeness (QED) is 0.624. The van der Waals surface area contributed by atoms with Crippen molar-refractivity contribution in [1.82, 2.24) is 5.32 Å². The van der Waals surface area contributed by atoms with Crippen LogP contribution in [0.25, 0.3) is 0 Å². The number of ether oxygens (including phenoxy) is 1. The highest BCUT2D eigenvalue weighted by Gasteiger charge is 2.14. The first-order valence-electron chi connectivity index (χ1n) is 7.39. The van der Waals surface area contributed by atoms with Gasteiger partial charge in [-0.2, -0.15) is 0 Å². The Bertz CT molecular complexity index is 702. The van der Waals surface area contributed by atoms with E-state index in [1.807, 2.05) is 0 Å². The molecule has 0 heterocycles. The van der Waals surface area contributed by atoms with E-state index < -0.39 is 11.0 Å². The number of nitro groups is 1. The molecule has 1 atom stereocenters. The summed E-state index contributed by atoms with van der Waals surface area (Å²) >= 11 is 0. The van der Waals surface area contributed by atoms with E-state index in [0.717, 1.165) is 5.56 Å². The molecule has 0 aliphatic rings. The summed E-state index contributed by atoms with van der Waals surface area (Å²) in [5.74, 6) is -0.217. The molecule has 0 saturated carbocycles. The van der Waals surface area contributed by atoms with Gasteiger partial charge in [-0.25, -0.2) is 4.39 Å². The van der Waals surface area contributed by atoms with E-state index in [4.69, 9.17) is 4.74 Å². The number of hydrogen-bond donors (Lipinski definition) is 1. The lowest BCUT2D eigenvalue weighted by atomic mass is 10.1. The molecule has 0 aromatic heterocycles. The first kappa shape index (κ1) is 17.4. The van der Waals surface area contributed by atoms with Crippen LogP contribution >= 0.6 is 0 Å². The Morgan fingerprint density at radius 1 is 1.21 bits per heavy atom. The van der Waals surface area contributed by atoms with E-state index in [2.05, 4.69) is 5.32 Å². The standard InChI is InChI=1S/C17H17FN2O4/c1-12(24-16-8-6-15(7-9-16)20(22)23)17(21)19-11-10-13-2-4-14(18)5-3-13/h2-9,12H,10-11H2,1H3,(H,19,21). The van der Waals surface area contributed by atoms with Crippen LogP contribution in [0.3, 0.4) is 0 Å². The summed E-state index contributed by atoms with van der Waals surface area (Å²) in [5, 5.41) is 13.3. The molecule has 0 radical (unpaired) electrons. The Kier molecular flexibility index (Phi) is 5.83. The van der Waals surface area contributed by atoms with Gasteiger partial charge in [0.15, 0.2) is 6.10 Å². The number of rotatable bonds is 7. The topological polar surface area (TPSA) is 81.5 Å². The Labute approximate surface area is 138 Å². The smallest absolute Gasteiger partial charge is 0.269 e. The second-order valence-electron chi connectivity index (χ2n) is 5.18. The molecule has 1 N–H and O–H groups in total. The van der Waals surface area contributed by atoms with Crippen LogP contribution < -0.4 is 10.1 Å². The lowest BCUT2D eigenvalue weighted by Gasteiger charge is -2.14. The number of nitrogens with one attached hydrogen (secondary N) is 1. The summed E-state index contributed by atoms with van der Waals surface area (Å²) in [6.07, 6.45) is -0.157. The zero-order chi connectivity index (χ0) is 17.5. The Morgan fingerprint density at radius 2 is 1.83 bits per heavy atom. The van der Waals surface area contributed by atoms with Gasteiger partial charge < -0.3 is 10.1 Å². The Hall–Kier alpha value is -2.96. The van der Waals surface area contributed by atoms with Gasteiger partial charge in [-0.1, -0.05) is 12.1 Å². The fourth-order valence-electron chi connectivity index (χ4n) is 2.03. The van der Waals surface area contributed by atoms with Crippen LogP contribution in [0.15, 0.2) is 48.5 Å². The van der Waals surface area contributed by atoms with Crippen LogP contribution in [0, 0.1) is 15.9 Å². The van der Waals surface area contributed by atoms with Gasteiger partial charge in [0.05, 0.1) is 4.92 Å². The highest BCUT2D eigenvalue weighted by Crippen LogP contribution is 2.18. The number of nitrogens with zero attached hydrogens (tertiary/aromatic N) is 1. The van der Waals surface area contributed by atoms with Crippen molar-refractivity contribution in [2.24, 2.45) is 0 Å². The number of halogens is 1. The molecule has 1 amide bonds. The van der Waals surface area contributed by atoms with E-state index >= 15 is 0 Å². The van der Waals surface area contributed by atoms with Crippen molar-refractivity contribution < 1.29 is 18.8 Å². The van der Waals surface area contributed by atoms with E-state index in [9.17, 15) is 19.3 Å². The third kappa shape index (κ3) is 5.05. The van der Waals surface area contributed by atoms with Gasteiger partial charge >= 0.3 is 0 Å². The molecular formula is C17H17FN2O4. The van der Waals surface area contributed by atoms with Crippen LogP contribution in [0.2, 0.25) is 0 Å². The van der Waals surface area contributed by atoms with Crippen LogP contribution in [0.4, 0.5) is 10.1 Å². The number of carbonyl (C=O) groups is 1. The van der Waals surface area contributed by atoms with Crippen molar-refractivity contribution in [2.45, 2.75) is 19.4 Å². The molecule has 0 bridgehead atoms. The minimum Gasteiger partial charge on any atom is -0.481 e. The number of nitro benzene ring substituents is 1. The van der Waals surface area contributed by atoms with Crippen molar-refractivity contribution >= 4 is 11.6 Å². The zero-order valence-electron chi connectivity index (χ0n) is 13.1. The van der Waals surface area contributed by atoms with E-state index in [1.165, 1.54) is 36.4 Å². The monoisotopic (exact) mass is 332 g/mol. The molecule has 0 saturated heterocycles. The van der Waals surface area contributed by atoms with Gasteiger partial charge in [-0.3, -0.25) is 14.9 Å². The van der Waals surface area contributed by atoms with Gasteiger partial charge in [0.25, 0.3) is 11.6 Å². The van der Waals surface area contributed by atoms with Crippen molar-refractivity contribution in [1.29, 1.82) is 0 Å². The number of amides is 1. The molecule has 2 rings (SSSR count). The summed E-state index contributed by atoms with van der Waals surface area (Å²) in [4.78, 5) is 22.0. The maximum Gasteiger partial charge on any atom is 0.269 e. The molecule has 0 fully saturated rings. The zero-order valence-corrected chi connectivity index (χ0v) is 13.1. The van der Waals surface area contributed by atoms with Crippen molar-refractivity contribution in [3.05, 3.63) is 70.0 Å². The number of carbonyl (C=O) groups excluding carboxylic acids is 1. The third-order valence-corrected chi connectivity index (χ3v) is 3.36. The molecule has 2 aromatic carbocycles. The maximum atomic E-state index is 12.8. The summed E-state index contributed by atoms with van der Waals surface area (Å²) in [5.41, 5.74) is 0.874. The van der Waals surface area contributed by atoms with Gasteiger partial charge in [-0.15, -0.1) is 0 Å². The average molecular weight is 332 g/mol. The van der Waals surface area contributed by atoms with Crippen LogP contribution in [-0.2, 0) is 11.2 Å². The van der Waals surface area contributed by atoms with Gasteiger partial charge in [0, 0.05) is 18.7 Å². The van der Waals surface area contributed by atoms with E-state index in [0.29, 0.717) is 18.7 Å². The summed E-state index contributed by atoms with van der Waals surface area (Å²) < 4.78 is 18.2. The van der Waals surface area contributed by atoms with E-state index in [1.54, 1.807) is 19.1 Å². The molecule has 7 heteroatoms. The van der Waals surface area contributed by atoms with Gasteiger partial charge in [-0.05, 0) is 43.2 Å². The fraction of sp³-hybridized carbons (Fsp3) is 0.235. The second-order valence-corrected chi connectivity index (χ2v) is 5.18. The van der Waals surface area contributed by atoms with Crippen LogP contribution in [-0.4, -0.2) is 23.5 Å². The van der Waals surface area contributed by atoms with E-state index in [-0.39, 0.29) is 17.4 Å². The number of non-ortho nitro benzene ring substituents is 1. The summed E-state index contributed by atoms with van der Waals surface area (Å²) in [6.45, 7) is 1.99. The minimum absolute atomic E-state index is 0.0428. The highest BCUT2D eigenvalue weighted by atomic mass is 19.1. The molecule has 126 valence electrons. The highest BCUT2D eigenvalue weighted by molar-refractivity contribution is 5.80. The third-order valence-electron chi connectivity index (χ3n) is 3.36. The Balaban J connectivity index is 1.79. The van der Waals surface area contributed by atoms with Crippen LogP contribution in [0.1, 0.15) is 12.5 Å². The summed E-state index contributed by atoms with van der Waals surface area (Å²) in [6, 6.07) is 11.6. The summed E-state index contributed by atoms with van der Waals surface area (Å²) in [7, 11) is 0. The lowest BCUT2D eigenvalue weighted by molar-refractivity contribution is -0.384. The first-order chi connectivity index (χ1) is 11.5. The van der Waals surface area contributed by atoms with Gasteiger partial charge in [0.2, 0.25) is 0 Å². The average Bonchev–Trinajstić information content (AvgIpc) is 2.57. The van der Waals surface area contributed by atoms with Gasteiger partial charge in [0.1, 0.15) is 11.6 Å². The second kappa shape index (κ2) is 8.05. The molecule has 0 aliphatic carbocycles. The molecule has 0 aliphatic heterocycles. The van der Waals surface area contributed by atoms with Crippen molar-refractivity contribution in [3.8, 4) is 5.75 Å². The Morgan fingerprint density at radius 3 is 2.42 bits per heavy atom. The fourth-order valence-corrected chi connectivity index (χ4v) is 2.03. The van der Waals surface area contributed by atoms with Crippen molar-refractivity contribution in [3.63, 3.8) is 0 Å². The molecule has 6 nitrogen and oxygen atoms in total. The predicted octanol–water partition coefficient (Wildman–Crippen LogP) is 2.86. The predicted molar refractivity (Wildman–Crippen MR) is 86.3 cm³/mol. The number of benzene rings is 2. The first-order valence-corrected chi connectivity index (χ1v) is 7.39. The SMILES string of the molecule is CC(Oc1ccc([N+](=O)[O-])cc1)C(=O)NCCc1ccc(F)cc1. The minimum atomic E-state index is -0.736. The molecular weight excluding hydrogens is 315 g/mol. The molecule has 24 heavy (non-hydrogen) atoms. The molecule has 0 spiro atoms. The largest absolute Gasteiger partial charge is 0.481 e.